The van der Waals surface area contributed by atoms with E-state index in [-0.39, 0.29) is 0 Å². The van der Waals surface area contributed by atoms with E-state index in [4.69, 9.17) is 4.74 Å². The minimum atomic E-state index is 0.550. The maximum absolute atomic E-state index is 5.87. The lowest BCUT2D eigenvalue weighted by molar-refractivity contribution is 0.299. The zero-order valence-corrected chi connectivity index (χ0v) is 13.4. The second-order valence-corrected chi connectivity index (χ2v) is 5.87. The van der Waals surface area contributed by atoms with Crippen LogP contribution in [0.25, 0.3) is 11.0 Å². The molecule has 2 aromatic carbocycles. The number of ether oxygens (including phenoxy) is 1. The van der Waals surface area contributed by atoms with Gasteiger partial charge in [-0.1, -0.05) is 38.1 Å². The Morgan fingerprint density at radius 2 is 1.77 bits per heavy atom. The maximum Gasteiger partial charge on any atom is 0.119 e. The molecule has 1 aromatic heterocycles. The topological polar surface area (TPSA) is 27.1 Å². The van der Waals surface area contributed by atoms with Gasteiger partial charge in [0, 0.05) is 0 Å². The second-order valence-electron chi connectivity index (χ2n) is 5.87. The van der Waals surface area contributed by atoms with Crippen LogP contribution in [0.3, 0.4) is 0 Å². The Hall–Kier alpha value is -2.29. The van der Waals surface area contributed by atoms with E-state index >= 15 is 0 Å². The third kappa shape index (κ3) is 2.98. The Morgan fingerprint density at radius 1 is 1.05 bits per heavy atom. The van der Waals surface area contributed by atoms with Gasteiger partial charge in [-0.05, 0) is 42.7 Å². The number of fused-ring (bicyclic) bond motifs is 1. The van der Waals surface area contributed by atoms with Crippen molar-refractivity contribution in [3.63, 3.8) is 0 Å². The number of aryl methyl sites for hydroxylation is 1. The Morgan fingerprint density at radius 3 is 2.50 bits per heavy atom. The van der Waals surface area contributed by atoms with Crippen LogP contribution in [-0.2, 0) is 6.54 Å². The Kier molecular flexibility index (Phi) is 4.14. The molecule has 0 saturated heterocycles. The molecule has 0 bridgehead atoms. The number of imidazole rings is 1. The summed E-state index contributed by atoms with van der Waals surface area (Å²) >= 11 is 0. The van der Waals surface area contributed by atoms with Crippen LogP contribution in [-0.4, -0.2) is 16.2 Å². The van der Waals surface area contributed by atoms with Crippen molar-refractivity contribution in [1.29, 1.82) is 0 Å². The van der Waals surface area contributed by atoms with Crippen LogP contribution in [0.15, 0.2) is 48.5 Å². The summed E-state index contributed by atoms with van der Waals surface area (Å²) < 4.78 is 8.08. The summed E-state index contributed by atoms with van der Waals surface area (Å²) in [5.74, 6) is 2.50. The van der Waals surface area contributed by atoms with Crippen LogP contribution in [0.2, 0.25) is 0 Å². The average molecular weight is 294 g/mol. The minimum absolute atomic E-state index is 0.550. The molecule has 3 aromatic rings. The molecular formula is C19H22N2O. The fourth-order valence-corrected chi connectivity index (χ4v) is 2.68. The Labute approximate surface area is 131 Å². The molecular weight excluding hydrogens is 272 g/mol. The highest BCUT2D eigenvalue weighted by atomic mass is 16.5. The van der Waals surface area contributed by atoms with Gasteiger partial charge >= 0.3 is 0 Å². The van der Waals surface area contributed by atoms with Crippen molar-refractivity contribution < 1.29 is 4.74 Å². The zero-order chi connectivity index (χ0) is 15.5. The van der Waals surface area contributed by atoms with E-state index in [1.165, 1.54) is 11.1 Å². The molecule has 0 N–H and O–H groups in total. The van der Waals surface area contributed by atoms with Crippen LogP contribution in [0.1, 0.15) is 31.2 Å². The molecule has 114 valence electrons. The van der Waals surface area contributed by atoms with Gasteiger partial charge in [-0.25, -0.2) is 4.98 Å². The van der Waals surface area contributed by atoms with Crippen LogP contribution in [0.4, 0.5) is 0 Å². The number of hydrogen-bond donors (Lipinski definition) is 0. The minimum Gasteiger partial charge on any atom is -0.492 e. The quantitative estimate of drug-likeness (QED) is 0.690. The summed E-state index contributed by atoms with van der Waals surface area (Å²) in [4.78, 5) is 4.58. The fraction of sp³-hybridized carbons (Fsp3) is 0.316. The molecule has 0 aliphatic heterocycles. The lowest BCUT2D eigenvalue weighted by Gasteiger charge is -2.10. The number of hydrogen-bond acceptors (Lipinski definition) is 2. The van der Waals surface area contributed by atoms with E-state index in [0.29, 0.717) is 12.5 Å². The summed E-state index contributed by atoms with van der Waals surface area (Å²) in [6.07, 6.45) is 0. The smallest absolute Gasteiger partial charge is 0.119 e. The molecule has 22 heavy (non-hydrogen) atoms. The predicted octanol–water partition coefficient (Wildman–Crippen LogP) is 4.55. The summed E-state index contributed by atoms with van der Waals surface area (Å²) in [5.41, 5.74) is 3.55. The van der Waals surface area contributed by atoms with Crippen molar-refractivity contribution in [2.24, 2.45) is 0 Å². The van der Waals surface area contributed by atoms with Gasteiger partial charge in [0.1, 0.15) is 18.2 Å². The highest BCUT2D eigenvalue weighted by Crippen LogP contribution is 2.19. The Balaban J connectivity index is 1.66. The summed E-state index contributed by atoms with van der Waals surface area (Å²) in [5, 5.41) is 0. The van der Waals surface area contributed by atoms with Crippen molar-refractivity contribution in [2.45, 2.75) is 33.2 Å². The van der Waals surface area contributed by atoms with Gasteiger partial charge in [0.15, 0.2) is 0 Å². The lowest BCUT2D eigenvalue weighted by Crippen LogP contribution is -2.09. The largest absolute Gasteiger partial charge is 0.492 e. The normalized spacial score (nSPS) is 11.3. The van der Waals surface area contributed by atoms with Crippen LogP contribution in [0, 0.1) is 6.92 Å². The standard InChI is InChI=1S/C19H22N2O/c1-14(2)16-8-10-17(11-9-16)22-13-12-21-15(3)20-18-6-4-5-7-19(18)21/h4-11,14H,12-13H2,1-3H3. The molecule has 0 spiro atoms. The van der Waals surface area contributed by atoms with E-state index in [1.54, 1.807) is 0 Å². The average Bonchev–Trinajstić information content (AvgIpc) is 2.84. The molecule has 0 fully saturated rings. The second kappa shape index (κ2) is 6.22. The van der Waals surface area contributed by atoms with Crippen molar-refractivity contribution in [1.82, 2.24) is 9.55 Å². The van der Waals surface area contributed by atoms with E-state index < -0.39 is 0 Å². The van der Waals surface area contributed by atoms with E-state index in [9.17, 15) is 0 Å². The first-order valence-corrected chi connectivity index (χ1v) is 7.80. The lowest BCUT2D eigenvalue weighted by atomic mass is 10.0. The number of rotatable bonds is 5. The van der Waals surface area contributed by atoms with Crippen LogP contribution >= 0.6 is 0 Å². The molecule has 0 radical (unpaired) electrons. The summed E-state index contributed by atoms with van der Waals surface area (Å²) in [6, 6.07) is 16.6. The van der Waals surface area contributed by atoms with Crippen molar-refractivity contribution in [2.75, 3.05) is 6.61 Å². The van der Waals surface area contributed by atoms with Crippen molar-refractivity contribution >= 4 is 11.0 Å². The van der Waals surface area contributed by atoms with Crippen molar-refractivity contribution in [3.8, 4) is 5.75 Å². The first-order chi connectivity index (χ1) is 10.6. The third-order valence-electron chi connectivity index (χ3n) is 3.98. The fourth-order valence-electron chi connectivity index (χ4n) is 2.68. The number of aromatic nitrogens is 2. The van der Waals surface area contributed by atoms with Crippen LogP contribution < -0.4 is 4.74 Å². The molecule has 0 amide bonds. The van der Waals surface area contributed by atoms with Gasteiger partial charge in [-0.2, -0.15) is 0 Å². The molecule has 0 aliphatic carbocycles. The zero-order valence-electron chi connectivity index (χ0n) is 13.4. The number of benzene rings is 2. The van der Waals surface area contributed by atoms with Gasteiger partial charge in [-0.3, -0.25) is 0 Å². The number of para-hydroxylation sites is 2. The number of nitrogens with zero attached hydrogens (tertiary/aromatic N) is 2. The van der Waals surface area contributed by atoms with Crippen LogP contribution in [0.5, 0.6) is 5.75 Å². The van der Waals surface area contributed by atoms with Gasteiger partial charge < -0.3 is 9.30 Å². The molecule has 0 aliphatic rings. The van der Waals surface area contributed by atoms with Gasteiger partial charge in [0.2, 0.25) is 0 Å². The third-order valence-corrected chi connectivity index (χ3v) is 3.98. The molecule has 0 saturated carbocycles. The first kappa shape index (κ1) is 14.6. The molecule has 1 heterocycles. The molecule has 0 unspecified atom stereocenters. The summed E-state index contributed by atoms with van der Waals surface area (Å²) in [6.45, 7) is 7.88. The summed E-state index contributed by atoms with van der Waals surface area (Å²) in [7, 11) is 0. The Bertz CT molecular complexity index is 757. The maximum atomic E-state index is 5.87. The molecule has 3 heteroatoms. The van der Waals surface area contributed by atoms with E-state index in [2.05, 4.69) is 41.6 Å². The van der Waals surface area contributed by atoms with Gasteiger partial charge in [-0.15, -0.1) is 0 Å². The van der Waals surface area contributed by atoms with Gasteiger partial charge in [0.05, 0.1) is 17.6 Å². The monoisotopic (exact) mass is 294 g/mol. The highest BCUT2D eigenvalue weighted by molar-refractivity contribution is 5.75. The molecule has 0 atom stereocenters. The predicted molar refractivity (Wildman–Crippen MR) is 90.5 cm³/mol. The molecule has 3 rings (SSSR count). The van der Waals surface area contributed by atoms with E-state index in [1.807, 2.05) is 37.3 Å². The molecule has 3 nitrogen and oxygen atoms in total. The SMILES string of the molecule is Cc1nc2ccccc2n1CCOc1ccc(C(C)C)cc1. The van der Waals surface area contributed by atoms with Gasteiger partial charge in [0.25, 0.3) is 0 Å². The van der Waals surface area contributed by atoms with E-state index in [0.717, 1.165) is 23.6 Å². The first-order valence-electron chi connectivity index (χ1n) is 7.80. The van der Waals surface area contributed by atoms with Crippen molar-refractivity contribution in [3.05, 3.63) is 59.9 Å². The highest BCUT2D eigenvalue weighted by Gasteiger charge is 2.06.